The van der Waals surface area contributed by atoms with Crippen LogP contribution in [0.15, 0.2) is 72.1 Å². The smallest absolute Gasteiger partial charge is 0.306 e. The topological polar surface area (TPSA) is 105 Å². The molecule has 0 spiro atoms. The molecule has 210 valence electrons. The number of aromatic nitrogens is 4. The second-order valence-electron chi connectivity index (χ2n) is 9.55. The third kappa shape index (κ3) is 6.14. The number of hydrogen-bond donors (Lipinski definition) is 1. The predicted octanol–water partition coefficient (Wildman–Crippen LogP) is 6.45. The van der Waals surface area contributed by atoms with Crippen molar-refractivity contribution in [2.75, 3.05) is 16.0 Å². The van der Waals surface area contributed by atoms with Crippen molar-refractivity contribution < 1.29 is 22.8 Å². The highest BCUT2D eigenvalue weighted by Gasteiger charge is 2.33. The maximum atomic E-state index is 12.8. The molecular formula is C28H24F3N7O2S. The van der Waals surface area contributed by atoms with Crippen molar-refractivity contribution in [2.45, 2.75) is 32.9 Å². The molecule has 0 saturated carbocycles. The van der Waals surface area contributed by atoms with Gasteiger partial charge in [-0.3, -0.25) is 9.69 Å². The van der Waals surface area contributed by atoms with E-state index in [1.165, 1.54) is 33.7 Å². The summed E-state index contributed by atoms with van der Waals surface area (Å²) in [5.74, 6) is 0.721. The molecule has 2 aromatic heterocycles. The van der Waals surface area contributed by atoms with Gasteiger partial charge in [0.05, 0.1) is 17.0 Å². The predicted molar refractivity (Wildman–Crippen MR) is 151 cm³/mol. The van der Waals surface area contributed by atoms with Gasteiger partial charge in [-0.2, -0.15) is 18.2 Å². The zero-order valence-corrected chi connectivity index (χ0v) is 23.0. The van der Waals surface area contributed by atoms with Crippen LogP contribution in [0.1, 0.15) is 36.5 Å². The van der Waals surface area contributed by atoms with Crippen molar-refractivity contribution in [2.24, 2.45) is 4.99 Å². The number of aryl methyl sites for hydroxylation is 1. The van der Waals surface area contributed by atoms with Crippen molar-refractivity contribution in [1.82, 2.24) is 19.7 Å². The molecule has 0 bridgehead atoms. The number of carbonyl (C=O) groups is 2. The van der Waals surface area contributed by atoms with Gasteiger partial charge in [-0.25, -0.2) is 19.4 Å². The maximum absolute atomic E-state index is 12.8. The second-order valence-corrected chi connectivity index (χ2v) is 10.5. The average molecular weight is 580 g/mol. The minimum atomic E-state index is -4.48. The Kier molecular flexibility index (Phi) is 7.63. The van der Waals surface area contributed by atoms with Gasteiger partial charge in [-0.05, 0) is 66.4 Å². The summed E-state index contributed by atoms with van der Waals surface area (Å²) in [5.41, 5.74) is 2.93. The van der Waals surface area contributed by atoms with Crippen molar-refractivity contribution in [3.05, 3.63) is 83.8 Å². The number of halogens is 3. The van der Waals surface area contributed by atoms with Crippen LogP contribution in [0.25, 0.3) is 17.2 Å². The Bertz CT molecular complexity index is 1630. The average Bonchev–Trinajstić information content (AvgIpc) is 3.55. The van der Waals surface area contributed by atoms with Crippen molar-refractivity contribution in [3.8, 4) is 17.2 Å². The highest BCUT2D eigenvalue weighted by molar-refractivity contribution is 8.15. The fourth-order valence-corrected chi connectivity index (χ4v) is 5.01. The molecule has 0 radical (unpaired) electrons. The van der Waals surface area contributed by atoms with Crippen LogP contribution in [0.2, 0.25) is 0 Å². The highest BCUT2D eigenvalue weighted by atomic mass is 32.2. The van der Waals surface area contributed by atoms with Crippen LogP contribution in [0.4, 0.5) is 29.3 Å². The highest BCUT2D eigenvalue weighted by Crippen LogP contribution is 2.34. The van der Waals surface area contributed by atoms with Crippen molar-refractivity contribution >= 4 is 40.2 Å². The number of hydrogen-bond acceptors (Lipinski definition) is 6. The minimum absolute atomic E-state index is 0.142. The lowest BCUT2D eigenvalue weighted by Gasteiger charge is -2.22. The number of pyridine rings is 1. The lowest BCUT2D eigenvalue weighted by Crippen LogP contribution is -2.31. The molecule has 1 aliphatic heterocycles. The summed E-state index contributed by atoms with van der Waals surface area (Å²) >= 11 is 1.21. The van der Waals surface area contributed by atoms with Gasteiger partial charge in [0, 0.05) is 17.4 Å². The normalized spacial score (nSPS) is 14.8. The van der Waals surface area contributed by atoms with E-state index < -0.39 is 17.8 Å². The number of alkyl halides is 3. The quantitative estimate of drug-likeness (QED) is 0.291. The third-order valence-corrected chi connectivity index (χ3v) is 7.13. The zero-order valence-electron chi connectivity index (χ0n) is 22.2. The lowest BCUT2D eigenvalue weighted by molar-refractivity contribution is -0.137. The van der Waals surface area contributed by atoms with Crippen LogP contribution in [-0.4, -0.2) is 42.6 Å². The standard InChI is InChI=1S/C28H24F3N7O2S/c1-16(2)21-10-4-17(3)12-22(21)38-24(39)14-41-27(38)35-26(40)34-20-8-5-18(6-9-20)25-33-15-37(36-25)23-11-7-19(13-32-23)28(29,30)31/h4-13,15-16H,14H2,1-3H3,(H,34,40)/b35-27-. The summed E-state index contributed by atoms with van der Waals surface area (Å²) in [6, 6.07) is 14.1. The van der Waals surface area contributed by atoms with Gasteiger partial charge in [-0.1, -0.05) is 37.7 Å². The Morgan fingerprint density at radius 3 is 2.49 bits per heavy atom. The van der Waals surface area contributed by atoms with E-state index in [0.29, 0.717) is 22.2 Å². The molecule has 2 aromatic carbocycles. The molecule has 0 aliphatic carbocycles. The number of amides is 3. The van der Waals surface area contributed by atoms with E-state index in [4.69, 9.17) is 0 Å². The number of rotatable bonds is 5. The number of urea groups is 1. The van der Waals surface area contributed by atoms with Gasteiger partial charge < -0.3 is 5.32 Å². The van der Waals surface area contributed by atoms with Crippen LogP contribution in [0, 0.1) is 6.92 Å². The summed E-state index contributed by atoms with van der Waals surface area (Å²) in [7, 11) is 0. The van der Waals surface area contributed by atoms with Crippen LogP contribution in [0.5, 0.6) is 0 Å². The zero-order chi connectivity index (χ0) is 29.3. The van der Waals surface area contributed by atoms with Crippen LogP contribution < -0.4 is 10.2 Å². The summed E-state index contributed by atoms with van der Waals surface area (Å²) in [6.07, 6.45) is -2.39. The van der Waals surface area contributed by atoms with E-state index in [1.807, 2.05) is 39.0 Å². The van der Waals surface area contributed by atoms with E-state index in [-0.39, 0.29) is 23.4 Å². The first-order valence-electron chi connectivity index (χ1n) is 12.5. The molecule has 1 aliphatic rings. The fourth-order valence-electron chi connectivity index (χ4n) is 4.15. The number of anilines is 2. The fraction of sp³-hybridized carbons (Fsp3) is 0.214. The number of amidine groups is 1. The maximum Gasteiger partial charge on any atom is 0.417 e. The molecule has 9 nitrogen and oxygen atoms in total. The van der Waals surface area contributed by atoms with E-state index in [0.717, 1.165) is 29.1 Å². The van der Waals surface area contributed by atoms with Gasteiger partial charge in [0.25, 0.3) is 0 Å². The van der Waals surface area contributed by atoms with Gasteiger partial charge in [-0.15, -0.1) is 5.10 Å². The second kappa shape index (κ2) is 11.2. The number of aliphatic imine (C=N–C) groups is 1. The Hall–Kier alpha value is -4.52. The molecule has 4 aromatic rings. The monoisotopic (exact) mass is 579 g/mol. The number of benzene rings is 2. The third-order valence-electron chi connectivity index (χ3n) is 6.21. The summed E-state index contributed by atoms with van der Waals surface area (Å²) in [4.78, 5) is 39.2. The van der Waals surface area contributed by atoms with E-state index in [9.17, 15) is 22.8 Å². The largest absolute Gasteiger partial charge is 0.417 e. The molecule has 1 N–H and O–H groups in total. The van der Waals surface area contributed by atoms with E-state index in [1.54, 1.807) is 24.3 Å². The Balaban J connectivity index is 1.29. The molecule has 41 heavy (non-hydrogen) atoms. The van der Waals surface area contributed by atoms with Crippen molar-refractivity contribution in [1.29, 1.82) is 0 Å². The van der Waals surface area contributed by atoms with Crippen molar-refractivity contribution in [3.63, 3.8) is 0 Å². The molecule has 3 heterocycles. The van der Waals surface area contributed by atoms with Gasteiger partial charge >= 0.3 is 12.2 Å². The first kappa shape index (κ1) is 28.0. The molecule has 1 saturated heterocycles. The summed E-state index contributed by atoms with van der Waals surface area (Å²) < 4.78 is 39.6. The summed E-state index contributed by atoms with van der Waals surface area (Å²) in [6.45, 7) is 6.03. The first-order valence-corrected chi connectivity index (χ1v) is 13.5. The molecule has 13 heteroatoms. The summed E-state index contributed by atoms with van der Waals surface area (Å²) in [5, 5.41) is 7.30. The number of carbonyl (C=O) groups excluding carboxylic acids is 2. The Labute approximate surface area is 237 Å². The Morgan fingerprint density at radius 1 is 1.07 bits per heavy atom. The molecule has 0 unspecified atom stereocenters. The molecule has 1 fully saturated rings. The van der Waals surface area contributed by atoms with Crippen LogP contribution in [0.3, 0.4) is 0 Å². The van der Waals surface area contributed by atoms with Gasteiger partial charge in [0.1, 0.15) is 6.33 Å². The molecular weight excluding hydrogens is 555 g/mol. The van der Waals surface area contributed by atoms with Crippen LogP contribution in [-0.2, 0) is 11.0 Å². The van der Waals surface area contributed by atoms with E-state index in [2.05, 4.69) is 25.4 Å². The van der Waals surface area contributed by atoms with Gasteiger partial charge in [0.15, 0.2) is 16.8 Å². The van der Waals surface area contributed by atoms with Crippen LogP contribution >= 0.6 is 11.8 Å². The molecule has 0 atom stereocenters. The number of thioether (sulfide) groups is 1. The lowest BCUT2D eigenvalue weighted by atomic mass is 9.99. The minimum Gasteiger partial charge on any atom is -0.306 e. The van der Waals surface area contributed by atoms with Gasteiger partial charge in [0.2, 0.25) is 5.91 Å². The number of nitrogens with one attached hydrogen (secondary N) is 1. The number of nitrogens with zero attached hydrogens (tertiary/aromatic N) is 6. The first-order chi connectivity index (χ1) is 19.5. The SMILES string of the molecule is Cc1ccc(C(C)C)c(N2C(=O)CS/C2=N\C(=O)Nc2ccc(-c3ncn(-c4ccc(C(F)(F)F)cn4)n3)cc2)c1. The molecule has 5 rings (SSSR count). The van der Waals surface area contributed by atoms with E-state index >= 15 is 0 Å². The molecule has 3 amide bonds. The Morgan fingerprint density at radius 2 is 1.83 bits per heavy atom.